The second kappa shape index (κ2) is 9.45. The van der Waals surface area contributed by atoms with Crippen molar-refractivity contribution in [2.75, 3.05) is 19.8 Å². The van der Waals surface area contributed by atoms with Gasteiger partial charge in [-0.25, -0.2) is 0 Å². The van der Waals surface area contributed by atoms with Gasteiger partial charge in [0.25, 0.3) is 0 Å². The summed E-state index contributed by atoms with van der Waals surface area (Å²) in [4.78, 5) is 0. The van der Waals surface area contributed by atoms with Crippen molar-refractivity contribution in [3.8, 4) is 11.5 Å². The Labute approximate surface area is 116 Å². The Hall–Kier alpha value is -1.48. The van der Waals surface area contributed by atoms with Crippen molar-refractivity contribution < 1.29 is 14.8 Å². The highest BCUT2D eigenvalue weighted by Gasteiger charge is 2.07. The minimum Gasteiger partial charge on any atom is -0.490 e. The van der Waals surface area contributed by atoms with E-state index in [4.69, 9.17) is 9.47 Å². The van der Waals surface area contributed by atoms with Crippen molar-refractivity contribution in [1.82, 2.24) is 0 Å². The SMILES string of the molecule is C=CCOc1ccc(C[NH2+]CCCC)cc1OCC. The summed E-state index contributed by atoms with van der Waals surface area (Å²) in [6.07, 6.45) is 4.25. The van der Waals surface area contributed by atoms with Gasteiger partial charge in [0.1, 0.15) is 13.2 Å². The maximum absolute atomic E-state index is 5.63. The van der Waals surface area contributed by atoms with Gasteiger partial charge in [-0.1, -0.05) is 26.0 Å². The quantitative estimate of drug-likeness (QED) is 0.520. The number of ether oxygens (including phenoxy) is 2. The van der Waals surface area contributed by atoms with Crippen LogP contribution in [0.3, 0.4) is 0 Å². The first-order chi connectivity index (χ1) is 9.31. The summed E-state index contributed by atoms with van der Waals surface area (Å²) < 4.78 is 11.2. The molecule has 3 nitrogen and oxygen atoms in total. The number of nitrogens with two attached hydrogens (primary N) is 1. The van der Waals surface area contributed by atoms with E-state index in [2.05, 4.69) is 31.0 Å². The van der Waals surface area contributed by atoms with Crippen molar-refractivity contribution in [3.05, 3.63) is 36.4 Å². The molecule has 1 aromatic rings. The van der Waals surface area contributed by atoms with Gasteiger partial charge in [0.05, 0.1) is 13.2 Å². The van der Waals surface area contributed by atoms with Crippen LogP contribution < -0.4 is 14.8 Å². The number of hydrogen-bond acceptors (Lipinski definition) is 2. The maximum atomic E-state index is 5.63. The van der Waals surface area contributed by atoms with E-state index in [1.807, 2.05) is 13.0 Å². The predicted octanol–water partition coefficient (Wildman–Crippen LogP) is 2.51. The molecular formula is C16H26NO2+. The minimum absolute atomic E-state index is 0.502. The lowest BCUT2D eigenvalue weighted by atomic mass is 10.2. The maximum Gasteiger partial charge on any atom is 0.161 e. The molecule has 0 atom stereocenters. The van der Waals surface area contributed by atoms with E-state index in [0.29, 0.717) is 13.2 Å². The lowest BCUT2D eigenvalue weighted by Gasteiger charge is -2.12. The Morgan fingerprint density at radius 1 is 1.21 bits per heavy atom. The minimum atomic E-state index is 0.502. The Morgan fingerprint density at radius 2 is 2.05 bits per heavy atom. The molecule has 0 aliphatic heterocycles. The smallest absolute Gasteiger partial charge is 0.161 e. The molecule has 0 spiro atoms. The van der Waals surface area contributed by atoms with E-state index in [1.54, 1.807) is 6.08 Å². The molecule has 0 unspecified atom stereocenters. The standard InChI is InChI=1S/C16H25NO2/c1-4-7-10-17-13-14-8-9-15(19-11-5-2)16(12-14)18-6-3/h5,8-9,12,17H,2,4,6-7,10-11,13H2,1,3H3/p+1. The van der Waals surface area contributed by atoms with Crippen LogP contribution in [0.15, 0.2) is 30.9 Å². The predicted molar refractivity (Wildman–Crippen MR) is 78.7 cm³/mol. The molecule has 19 heavy (non-hydrogen) atoms. The van der Waals surface area contributed by atoms with E-state index >= 15 is 0 Å². The topological polar surface area (TPSA) is 35.1 Å². The van der Waals surface area contributed by atoms with Crippen LogP contribution in [0, 0.1) is 0 Å². The average Bonchev–Trinajstić information content (AvgIpc) is 2.43. The molecule has 0 amide bonds. The second-order valence-corrected chi connectivity index (χ2v) is 4.45. The fourth-order valence-electron chi connectivity index (χ4n) is 1.83. The first kappa shape index (κ1) is 15.6. The van der Waals surface area contributed by atoms with Crippen LogP contribution in [0.1, 0.15) is 32.3 Å². The van der Waals surface area contributed by atoms with Gasteiger partial charge in [-0.15, -0.1) is 0 Å². The number of rotatable bonds is 10. The van der Waals surface area contributed by atoms with Crippen LogP contribution in [0.25, 0.3) is 0 Å². The number of hydrogen-bond donors (Lipinski definition) is 1. The zero-order valence-electron chi connectivity index (χ0n) is 12.2. The van der Waals surface area contributed by atoms with Crippen molar-refractivity contribution >= 4 is 0 Å². The Balaban J connectivity index is 2.63. The van der Waals surface area contributed by atoms with Gasteiger partial charge in [-0.3, -0.25) is 0 Å². The lowest BCUT2D eigenvalue weighted by molar-refractivity contribution is -0.670. The van der Waals surface area contributed by atoms with Gasteiger partial charge >= 0.3 is 0 Å². The molecule has 3 heteroatoms. The fraction of sp³-hybridized carbons (Fsp3) is 0.500. The average molecular weight is 264 g/mol. The molecule has 0 saturated carbocycles. The van der Waals surface area contributed by atoms with Gasteiger partial charge < -0.3 is 14.8 Å². The van der Waals surface area contributed by atoms with Crippen LogP contribution in [-0.4, -0.2) is 19.8 Å². The molecule has 0 radical (unpaired) electrons. The molecule has 0 fully saturated rings. The van der Waals surface area contributed by atoms with Gasteiger partial charge in [0.2, 0.25) is 0 Å². The zero-order valence-corrected chi connectivity index (χ0v) is 12.2. The zero-order chi connectivity index (χ0) is 13.9. The number of quaternary nitrogens is 1. The monoisotopic (exact) mass is 264 g/mol. The van der Waals surface area contributed by atoms with Gasteiger partial charge in [-0.2, -0.15) is 0 Å². The molecule has 106 valence electrons. The Morgan fingerprint density at radius 3 is 2.74 bits per heavy atom. The van der Waals surface area contributed by atoms with Gasteiger partial charge in [-0.05, 0) is 31.5 Å². The Bertz CT molecular complexity index is 377. The summed E-state index contributed by atoms with van der Waals surface area (Å²) >= 11 is 0. The number of benzene rings is 1. The molecule has 0 aromatic heterocycles. The summed E-state index contributed by atoms with van der Waals surface area (Å²) in [5.41, 5.74) is 1.27. The summed E-state index contributed by atoms with van der Waals surface area (Å²) in [6.45, 7) is 11.2. The van der Waals surface area contributed by atoms with Gasteiger partial charge in [0, 0.05) is 5.56 Å². The third-order valence-electron chi connectivity index (χ3n) is 2.81. The molecule has 0 saturated heterocycles. The van der Waals surface area contributed by atoms with Crippen LogP contribution >= 0.6 is 0 Å². The lowest BCUT2D eigenvalue weighted by Crippen LogP contribution is -2.82. The molecular weight excluding hydrogens is 238 g/mol. The van der Waals surface area contributed by atoms with Crippen molar-refractivity contribution in [2.45, 2.75) is 33.2 Å². The summed E-state index contributed by atoms with van der Waals surface area (Å²) in [5.74, 6) is 1.62. The highest BCUT2D eigenvalue weighted by atomic mass is 16.5. The van der Waals surface area contributed by atoms with Crippen LogP contribution in [0.4, 0.5) is 0 Å². The molecule has 0 bridgehead atoms. The highest BCUT2D eigenvalue weighted by Crippen LogP contribution is 2.28. The Kier molecular flexibility index (Phi) is 7.75. The van der Waals surface area contributed by atoms with Crippen molar-refractivity contribution in [3.63, 3.8) is 0 Å². The molecule has 1 rings (SSSR count). The fourth-order valence-corrected chi connectivity index (χ4v) is 1.83. The molecule has 0 aliphatic carbocycles. The summed E-state index contributed by atoms with van der Waals surface area (Å²) in [5, 5.41) is 2.33. The summed E-state index contributed by atoms with van der Waals surface area (Å²) in [7, 11) is 0. The first-order valence-electron chi connectivity index (χ1n) is 7.12. The number of unbranched alkanes of at least 4 members (excludes halogenated alkanes) is 1. The van der Waals surface area contributed by atoms with Crippen LogP contribution in [-0.2, 0) is 6.54 Å². The van der Waals surface area contributed by atoms with E-state index in [0.717, 1.165) is 18.0 Å². The largest absolute Gasteiger partial charge is 0.490 e. The third-order valence-corrected chi connectivity index (χ3v) is 2.81. The van der Waals surface area contributed by atoms with E-state index < -0.39 is 0 Å². The second-order valence-electron chi connectivity index (χ2n) is 4.45. The van der Waals surface area contributed by atoms with Crippen LogP contribution in [0.2, 0.25) is 0 Å². The normalized spacial score (nSPS) is 10.2. The highest BCUT2D eigenvalue weighted by molar-refractivity contribution is 5.42. The third kappa shape index (κ3) is 5.79. The van der Waals surface area contributed by atoms with Crippen molar-refractivity contribution in [2.24, 2.45) is 0 Å². The van der Waals surface area contributed by atoms with Crippen LogP contribution in [0.5, 0.6) is 11.5 Å². The van der Waals surface area contributed by atoms with Crippen molar-refractivity contribution in [1.29, 1.82) is 0 Å². The molecule has 1 aromatic carbocycles. The molecule has 0 heterocycles. The first-order valence-corrected chi connectivity index (χ1v) is 7.12. The van der Waals surface area contributed by atoms with Gasteiger partial charge in [0.15, 0.2) is 11.5 Å². The van der Waals surface area contributed by atoms with E-state index in [9.17, 15) is 0 Å². The summed E-state index contributed by atoms with van der Waals surface area (Å²) in [6, 6.07) is 6.16. The molecule has 0 aliphatic rings. The van der Waals surface area contributed by atoms with E-state index in [1.165, 1.54) is 24.9 Å². The van der Waals surface area contributed by atoms with E-state index in [-0.39, 0.29) is 0 Å². The molecule has 2 N–H and O–H groups in total.